The van der Waals surface area contributed by atoms with Crippen LogP contribution in [-0.2, 0) is 6.42 Å². The minimum atomic E-state index is -0.501. The second-order valence-electron chi connectivity index (χ2n) is 4.54. The zero-order valence-corrected chi connectivity index (χ0v) is 12.0. The third-order valence-electron chi connectivity index (χ3n) is 2.95. The van der Waals surface area contributed by atoms with Crippen LogP contribution in [0, 0.1) is 10.1 Å². The van der Waals surface area contributed by atoms with Crippen LogP contribution in [-0.4, -0.2) is 11.5 Å². The number of hydrogen-bond acceptors (Lipinski definition) is 4. The Morgan fingerprint density at radius 2 is 2.00 bits per heavy atom. The van der Waals surface area contributed by atoms with Crippen molar-refractivity contribution in [3.8, 4) is 5.75 Å². The van der Waals surface area contributed by atoms with E-state index in [-0.39, 0.29) is 16.5 Å². The molecule has 0 bridgehead atoms. The Hall–Kier alpha value is -2.27. The lowest BCUT2D eigenvalue weighted by Gasteiger charge is -2.08. The van der Waals surface area contributed by atoms with Crippen LogP contribution in [0.2, 0.25) is 5.02 Å². The van der Waals surface area contributed by atoms with E-state index in [1.807, 2.05) is 24.3 Å². The number of halogens is 1. The molecule has 5 nitrogen and oxygen atoms in total. The molecule has 0 spiro atoms. The summed E-state index contributed by atoms with van der Waals surface area (Å²) in [5, 5.41) is 11.2. The highest BCUT2D eigenvalue weighted by Gasteiger charge is 2.17. The SMILES string of the molecule is Nc1cccc(CCCOc2c(Cl)cccc2[N+](=O)[O-])c1. The van der Waals surface area contributed by atoms with Gasteiger partial charge in [0.2, 0.25) is 5.75 Å². The molecule has 2 aromatic rings. The fourth-order valence-corrected chi connectivity index (χ4v) is 2.21. The second-order valence-corrected chi connectivity index (χ2v) is 4.95. The van der Waals surface area contributed by atoms with E-state index in [4.69, 9.17) is 22.1 Å². The van der Waals surface area contributed by atoms with Crippen molar-refractivity contribution in [2.45, 2.75) is 12.8 Å². The van der Waals surface area contributed by atoms with E-state index >= 15 is 0 Å². The lowest BCUT2D eigenvalue weighted by molar-refractivity contribution is -0.385. The Bertz CT molecular complexity index is 647. The molecule has 0 heterocycles. The van der Waals surface area contributed by atoms with E-state index in [1.165, 1.54) is 12.1 Å². The van der Waals surface area contributed by atoms with E-state index in [0.29, 0.717) is 13.0 Å². The van der Waals surface area contributed by atoms with Crippen LogP contribution in [0.25, 0.3) is 0 Å². The molecule has 0 fully saturated rings. The quantitative estimate of drug-likeness (QED) is 0.380. The first-order chi connectivity index (χ1) is 10.1. The first-order valence-corrected chi connectivity index (χ1v) is 6.86. The molecule has 0 radical (unpaired) electrons. The number of anilines is 1. The molecule has 0 aliphatic heterocycles. The smallest absolute Gasteiger partial charge is 0.312 e. The molecule has 0 unspecified atom stereocenters. The summed E-state index contributed by atoms with van der Waals surface area (Å²) in [4.78, 5) is 10.4. The van der Waals surface area contributed by atoms with Gasteiger partial charge in [-0.3, -0.25) is 10.1 Å². The van der Waals surface area contributed by atoms with Crippen LogP contribution in [0.15, 0.2) is 42.5 Å². The number of nitrogen functional groups attached to an aromatic ring is 1. The van der Waals surface area contributed by atoms with Gasteiger partial charge in [-0.1, -0.05) is 29.8 Å². The minimum Gasteiger partial charge on any atom is -0.486 e. The highest BCUT2D eigenvalue weighted by Crippen LogP contribution is 2.34. The maximum Gasteiger partial charge on any atom is 0.312 e. The highest BCUT2D eigenvalue weighted by atomic mass is 35.5. The van der Waals surface area contributed by atoms with Gasteiger partial charge in [0, 0.05) is 11.8 Å². The summed E-state index contributed by atoms with van der Waals surface area (Å²) < 4.78 is 5.48. The van der Waals surface area contributed by atoms with Gasteiger partial charge in [0.1, 0.15) is 0 Å². The number of ether oxygens (including phenoxy) is 1. The molecule has 2 aromatic carbocycles. The highest BCUT2D eigenvalue weighted by molar-refractivity contribution is 6.32. The third kappa shape index (κ3) is 4.10. The molecule has 110 valence electrons. The van der Waals surface area contributed by atoms with Gasteiger partial charge in [0.25, 0.3) is 0 Å². The number of nitrogens with two attached hydrogens (primary N) is 1. The minimum absolute atomic E-state index is 0.119. The lowest BCUT2D eigenvalue weighted by atomic mass is 10.1. The van der Waals surface area contributed by atoms with Crippen molar-refractivity contribution < 1.29 is 9.66 Å². The summed E-state index contributed by atoms with van der Waals surface area (Å²) in [5.74, 6) is 0.122. The summed E-state index contributed by atoms with van der Waals surface area (Å²) in [6, 6.07) is 12.1. The standard InChI is InChI=1S/C15H15ClN2O3/c16-13-7-2-8-14(18(19)20)15(13)21-9-3-5-11-4-1-6-12(17)10-11/h1-2,4,6-8,10H,3,5,9,17H2. The average Bonchev–Trinajstić information content (AvgIpc) is 2.44. The summed E-state index contributed by atoms with van der Waals surface area (Å²) in [6.45, 7) is 0.347. The monoisotopic (exact) mass is 306 g/mol. The second kappa shape index (κ2) is 6.95. The maximum absolute atomic E-state index is 10.9. The maximum atomic E-state index is 10.9. The molecule has 0 saturated carbocycles. The molecule has 0 saturated heterocycles. The molecule has 0 aromatic heterocycles. The third-order valence-corrected chi connectivity index (χ3v) is 3.25. The molecule has 2 rings (SSSR count). The molecule has 6 heteroatoms. The van der Waals surface area contributed by atoms with Gasteiger partial charge >= 0.3 is 5.69 Å². The molecule has 0 aliphatic rings. The fraction of sp³-hybridized carbons (Fsp3) is 0.200. The molecule has 21 heavy (non-hydrogen) atoms. The Labute approximate surface area is 127 Å². The van der Waals surface area contributed by atoms with Crippen LogP contribution in [0.1, 0.15) is 12.0 Å². The fourth-order valence-electron chi connectivity index (χ4n) is 1.98. The van der Waals surface area contributed by atoms with Gasteiger partial charge in [-0.2, -0.15) is 0 Å². The molecule has 0 aliphatic carbocycles. The zero-order valence-electron chi connectivity index (χ0n) is 11.3. The molecular weight excluding hydrogens is 292 g/mol. The van der Waals surface area contributed by atoms with Crippen LogP contribution >= 0.6 is 11.6 Å². The van der Waals surface area contributed by atoms with Crippen molar-refractivity contribution in [1.29, 1.82) is 0 Å². The van der Waals surface area contributed by atoms with Crippen molar-refractivity contribution in [2.24, 2.45) is 0 Å². The number of aryl methyl sites for hydroxylation is 1. The molecule has 0 atom stereocenters. The number of rotatable bonds is 6. The van der Waals surface area contributed by atoms with Gasteiger partial charge < -0.3 is 10.5 Å². The van der Waals surface area contributed by atoms with E-state index in [0.717, 1.165) is 17.7 Å². The predicted octanol–water partition coefficient (Wildman–Crippen LogP) is 3.84. The Morgan fingerprint density at radius 1 is 1.24 bits per heavy atom. The van der Waals surface area contributed by atoms with Crippen LogP contribution < -0.4 is 10.5 Å². The van der Waals surface area contributed by atoms with Gasteiger partial charge in [0.05, 0.1) is 16.6 Å². The van der Waals surface area contributed by atoms with Gasteiger partial charge in [0.15, 0.2) is 0 Å². The van der Waals surface area contributed by atoms with Crippen LogP contribution in [0.4, 0.5) is 11.4 Å². The van der Waals surface area contributed by atoms with Crippen LogP contribution in [0.5, 0.6) is 5.75 Å². The summed E-state index contributed by atoms with van der Waals surface area (Å²) in [7, 11) is 0. The zero-order chi connectivity index (χ0) is 15.2. The molecular formula is C15H15ClN2O3. The van der Waals surface area contributed by atoms with Crippen molar-refractivity contribution >= 4 is 23.0 Å². The van der Waals surface area contributed by atoms with E-state index in [9.17, 15) is 10.1 Å². The number of benzene rings is 2. The molecule has 0 amide bonds. The predicted molar refractivity (Wildman–Crippen MR) is 82.8 cm³/mol. The van der Waals surface area contributed by atoms with E-state index in [1.54, 1.807) is 6.07 Å². The number of para-hydroxylation sites is 1. The van der Waals surface area contributed by atoms with Gasteiger partial charge in [-0.05, 0) is 36.6 Å². The van der Waals surface area contributed by atoms with Crippen LogP contribution in [0.3, 0.4) is 0 Å². The summed E-state index contributed by atoms with van der Waals surface area (Å²) in [6.07, 6.45) is 1.50. The number of nitro benzene ring substituents is 1. The van der Waals surface area contributed by atoms with Gasteiger partial charge in [-0.15, -0.1) is 0 Å². The van der Waals surface area contributed by atoms with E-state index in [2.05, 4.69) is 0 Å². The normalized spacial score (nSPS) is 10.3. The molecule has 2 N–H and O–H groups in total. The first-order valence-electron chi connectivity index (χ1n) is 6.48. The van der Waals surface area contributed by atoms with E-state index < -0.39 is 4.92 Å². The Kier molecular flexibility index (Phi) is 5.00. The van der Waals surface area contributed by atoms with Gasteiger partial charge in [-0.25, -0.2) is 0 Å². The van der Waals surface area contributed by atoms with Crippen molar-refractivity contribution in [1.82, 2.24) is 0 Å². The van der Waals surface area contributed by atoms with Crippen molar-refractivity contribution in [2.75, 3.05) is 12.3 Å². The Balaban J connectivity index is 1.93. The summed E-state index contributed by atoms with van der Waals surface area (Å²) >= 11 is 5.94. The largest absolute Gasteiger partial charge is 0.486 e. The Morgan fingerprint density at radius 3 is 2.71 bits per heavy atom. The van der Waals surface area contributed by atoms with Crippen molar-refractivity contribution in [3.05, 3.63) is 63.2 Å². The number of hydrogen-bond donors (Lipinski definition) is 1. The summed E-state index contributed by atoms with van der Waals surface area (Å²) in [5.41, 5.74) is 7.41. The number of nitro groups is 1. The van der Waals surface area contributed by atoms with Crippen molar-refractivity contribution in [3.63, 3.8) is 0 Å². The number of nitrogens with zero attached hydrogens (tertiary/aromatic N) is 1. The average molecular weight is 307 g/mol. The first kappa shape index (κ1) is 15.1. The topological polar surface area (TPSA) is 78.4 Å². The lowest BCUT2D eigenvalue weighted by Crippen LogP contribution is -2.02.